The molecule has 2 aromatic carbocycles. The normalized spacial score (nSPS) is 7.53. The van der Waals surface area contributed by atoms with E-state index < -0.39 is 22.9 Å². The molecule has 2 rings (SSSR count). The Morgan fingerprint density at radius 2 is 0.882 bits per heavy atom. The molecule has 0 amide bonds. The Hall–Kier alpha value is -1.35. The Kier molecular flexibility index (Phi) is 10.3. The van der Waals surface area contributed by atoms with Crippen molar-refractivity contribution in [1.29, 1.82) is 0 Å². The predicted octanol–water partition coefficient (Wildman–Crippen LogP) is 3.50. The van der Waals surface area contributed by atoms with Gasteiger partial charge in [-0.1, -0.05) is 12.1 Å². The summed E-state index contributed by atoms with van der Waals surface area (Å²) >= 11 is -2.42. The van der Waals surface area contributed by atoms with Gasteiger partial charge in [0.25, 0.3) is 0 Å². The van der Waals surface area contributed by atoms with Gasteiger partial charge in [0.2, 0.25) is 0 Å². The van der Waals surface area contributed by atoms with E-state index in [4.69, 9.17) is 5.71 Å². The predicted molar refractivity (Wildman–Crippen MR) is 63.2 cm³/mol. The van der Waals surface area contributed by atoms with E-state index in [0.717, 1.165) is 11.1 Å². The molecular weight excluding hydrogens is 379 g/mol. The third kappa shape index (κ3) is 10.9. The summed E-state index contributed by atoms with van der Waals surface area (Å²) in [6.07, 6.45) is 0. The molecule has 0 spiro atoms. The van der Waals surface area contributed by atoms with Crippen molar-refractivity contribution < 1.29 is 28.6 Å². The molecule has 0 saturated carbocycles. The monoisotopic (exact) mass is 394 g/mol. The van der Waals surface area contributed by atoms with Gasteiger partial charge in [-0.3, -0.25) is 0 Å². The van der Waals surface area contributed by atoms with Crippen LogP contribution >= 0.6 is 0 Å². The molecule has 0 aliphatic heterocycles. The summed E-state index contributed by atoms with van der Waals surface area (Å²) in [5.74, 6) is 0. The summed E-state index contributed by atoms with van der Waals surface area (Å²) in [4.78, 5) is 0. The minimum atomic E-state index is -2.42. The van der Waals surface area contributed by atoms with Gasteiger partial charge in [0, 0.05) is 0 Å². The van der Waals surface area contributed by atoms with Gasteiger partial charge in [-0.05, 0) is 0 Å². The number of hydrogen-bond donors (Lipinski definition) is 0. The second-order valence-electron chi connectivity index (χ2n) is 3.05. The topological polar surface area (TPSA) is 34.1 Å². The molecule has 0 aliphatic carbocycles. The maximum absolute atomic E-state index is 8.57. The molecule has 0 radical (unpaired) electrons. The van der Waals surface area contributed by atoms with E-state index in [0.29, 0.717) is 0 Å². The quantitative estimate of drug-likeness (QED) is 0.508. The molecule has 0 unspecified atom stereocenters. The van der Waals surface area contributed by atoms with Crippen LogP contribution in [0.3, 0.4) is 0 Å². The summed E-state index contributed by atoms with van der Waals surface area (Å²) in [5, 5.41) is 0. The van der Waals surface area contributed by atoms with Gasteiger partial charge in [0.05, 0.1) is 0 Å². The maximum atomic E-state index is 8.57. The molecule has 88 valence electrons. The molecule has 0 aromatic heterocycles. The van der Waals surface area contributed by atoms with Gasteiger partial charge in [-0.25, -0.2) is 0 Å². The van der Waals surface area contributed by atoms with Crippen molar-refractivity contribution in [3.8, 4) is 0 Å². The van der Waals surface area contributed by atoms with Crippen LogP contribution in [-0.4, -0.2) is 0 Å². The Labute approximate surface area is 114 Å². The van der Waals surface area contributed by atoms with Crippen LogP contribution in [0.15, 0.2) is 60.7 Å². The second kappa shape index (κ2) is 11.1. The van der Waals surface area contributed by atoms with Crippen molar-refractivity contribution in [2.24, 2.45) is 0 Å². The zero-order valence-electron chi connectivity index (χ0n) is 9.50. The fourth-order valence-corrected chi connectivity index (χ4v) is 0.956. The minimum absolute atomic E-state index is 1.07. The molecular formula is C14H14HfO2-2. The zero-order chi connectivity index (χ0) is 12.9. The molecule has 0 aliphatic rings. The van der Waals surface area contributed by atoms with E-state index in [1.54, 1.807) is 0 Å². The van der Waals surface area contributed by atoms with Crippen molar-refractivity contribution in [3.63, 3.8) is 0 Å². The van der Waals surface area contributed by atoms with E-state index >= 15 is 0 Å². The fraction of sp³-hybridized carbons (Fsp3) is 0. The third-order valence-corrected chi connectivity index (χ3v) is 1.69. The molecule has 0 bridgehead atoms. The van der Waals surface area contributed by atoms with Crippen molar-refractivity contribution in [2.45, 2.75) is 0 Å². The summed E-state index contributed by atoms with van der Waals surface area (Å²) in [5.41, 5.74) is 2.14. The second-order valence-corrected chi connectivity index (χ2v) is 3.65. The third-order valence-electron chi connectivity index (χ3n) is 1.69. The molecule has 2 nitrogen and oxygen atoms in total. The first-order chi connectivity index (χ1) is 8.20. The van der Waals surface area contributed by atoms with E-state index in [9.17, 15) is 0 Å². The fourth-order valence-electron chi connectivity index (χ4n) is 0.956. The summed E-state index contributed by atoms with van der Waals surface area (Å²) in [6, 6.07) is 19.7. The molecule has 0 fully saturated rings. The van der Waals surface area contributed by atoms with E-state index in [-0.39, 0.29) is 0 Å². The zero-order valence-corrected chi connectivity index (χ0v) is 13.1. The van der Waals surface area contributed by atoms with Gasteiger partial charge in [-0.15, -0.1) is 24.3 Å². The molecule has 0 atom stereocenters. The van der Waals surface area contributed by atoms with Gasteiger partial charge >= 0.3 is 28.6 Å². The molecule has 0 N–H and O–H groups in total. The van der Waals surface area contributed by atoms with Crippen LogP contribution in [0.1, 0.15) is 11.1 Å². The summed E-state index contributed by atoms with van der Waals surface area (Å²) < 4.78 is 17.1. The van der Waals surface area contributed by atoms with Crippen molar-refractivity contribution >= 4 is 0 Å². The van der Waals surface area contributed by atoms with Crippen LogP contribution in [0, 0.1) is 13.8 Å². The first-order valence-corrected chi connectivity index (χ1v) is 7.87. The van der Waals surface area contributed by atoms with E-state index in [2.05, 4.69) is 13.8 Å². The van der Waals surface area contributed by atoms with Crippen LogP contribution in [0.25, 0.3) is 0 Å². The number of rotatable bonds is 0. The van der Waals surface area contributed by atoms with Crippen LogP contribution in [-0.2, 0) is 28.6 Å². The Balaban J connectivity index is 0.000000247. The average Bonchev–Trinajstić information content (AvgIpc) is 2.33. The van der Waals surface area contributed by atoms with Gasteiger partial charge in [0.1, 0.15) is 0 Å². The first-order valence-electron chi connectivity index (χ1n) is 4.94. The van der Waals surface area contributed by atoms with Gasteiger partial charge in [-0.2, -0.15) is 49.2 Å². The molecule has 0 heterocycles. The van der Waals surface area contributed by atoms with Crippen LogP contribution < -0.4 is 0 Å². The SMILES string of the molecule is [CH2-]c1ccccc1.[CH2-]c1ccccc1.[O]=[Hf]=[O]. The van der Waals surface area contributed by atoms with Crippen LogP contribution in [0.4, 0.5) is 0 Å². The molecule has 17 heavy (non-hydrogen) atoms. The number of benzene rings is 2. The average molecular weight is 393 g/mol. The van der Waals surface area contributed by atoms with Gasteiger partial charge in [0.15, 0.2) is 0 Å². The Bertz CT molecular complexity index is 383. The van der Waals surface area contributed by atoms with E-state index in [1.807, 2.05) is 60.7 Å². The molecule has 3 heteroatoms. The Morgan fingerprint density at radius 3 is 1.00 bits per heavy atom. The molecule has 0 saturated heterocycles. The van der Waals surface area contributed by atoms with Crippen molar-refractivity contribution in [2.75, 3.05) is 0 Å². The van der Waals surface area contributed by atoms with Crippen LogP contribution in [0.2, 0.25) is 0 Å². The van der Waals surface area contributed by atoms with Crippen molar-refractivity contribution in [3.05, 3.63) is 85.6 Å². The summed E-state index contributed by atoms with van der Waals surface area (Å²) in [7, 11) is 0. The standard InChI is InChI=1S/2C7H7.Hf.2O/c2*1-7-5-3-2-4-6-7;;;/h2*2-6H,1H2;;;/q2*-1;;;. The summed E-state index contributed by atoms with van der Waals surface area (Å²) in [6.45, 7) is 7.44. The Morgan fingerprint density at radius 1 is 0.647 bits per heavy atom. The van der Waals surface area contributed by atoms with Gasteiger partial charge < -0.3 is 0 Å². The first kappa shape index (κ1) is 15.7. The van der Waals surface area contributed by atoms with E-state index in [1.165, 1.54) is 0 Å². The number of hydrogen-bond acceptors (Lipinski definition) is 2. The van der Waals surface area contributed by atoms with Crippen LogP contribution in [0.5, 0.6) is 0 Å². The van der Waals surface area contributed by atoms with Crippen molar-refractivity contribution in [1.82, 2.24) is 0 Å². The molecule has 2 aromatic rings.